The van der Waals surface area contributed by atoms with Gasteiger partial charge in [-0.1, -0.05) is 0 Å². The molecular weight excluding hydrogens is 720 g/mol. The lowest BCUT2D eigenvalue weighted by Crippen LogP contribution is -2.18. The van der Waals surface area contributed by atoms with Crippen molar-refractivity contribution in [1.82, 2.24) is 0 Å². The van der Waals surface area contributed by atoms with Gasteiger partial charge in [-0.2, -0.15) is 35.1 Å². The number of benzene rings is 6. The summed E-state index contributed by atoms with van der Waals surface area (Å²) in [5.41, 5.74) is -4.99. The van der Waals surface area contributed by atoms with Crippen LogP contribution in [0.15, 0.2) is 97.1 Å². The first kappa shape index (κ1) is 37.5. The second-order valence-corrected chi connectivity index (χ2v) is 11.7. The Balaban J connectivity index is 1.79. The average molecular weight is 749 g/mol. The number of rotatable bonds is 11. The third-order valence-corrected chi connectivity index (χ3v) is 8.80. The Morgan fingerprint density at radius 3 is 0.704 bits per heavy atom. The van der Waals surface area contributed by atoms with Crippen molar-refractivity contribution >= 4 is 0 Å². The largest absolute Gasteiger partial charge is 0.496 e. The Kier molecular flexibility index (Phi) is 10.7. The molecule has 12 heteroatoms. The van der Waals surface area contributed by atoms with Gasteiger partial charge in [0.05, 0.1) is 62.5 Å². The van der Waals surface area contributed by atoms with Gasteiger partial charge < -0.3 is 18.9 Å². The molecule has 0 N–H and O–H groups in total. The fourth-order valence-electron chi connectivity index (χ4n) is 6.14. The lowest BCUT2D eigenvalue weighted by Gasteiger charge is -2.22. The van der Waals surface area contributed by atoms with Crippen LogP contribution in [-0.4, -0.2) is 28.4 Å². The third kappa shape index (κ3) is 6.59. The van der Waals surface area contributed by atoms with Crippen molar-refractivity contribution in [3.63, 3.8) is 0 Å². The van der Waals surface area contributed by atoms with Crippen LogP contribution in [0.1, 0.15) is 33.4 Å². The molecular formula is C42H28F8O4+2. The van der Waals surface area contributed by atoms with Gasteiger partial charge in [0.25, 0.3) is 0 Å². The van der Waals surface area contributed by atoms with E-state index >= 15 is 35.1 Å². The van der Waals surface area contributed by atoms with Crippen molar-refractivity contribution in [1.29, 1.82) is 0 Å². The maximum Gasteiger partial charge on any atom is 0.222 e. The van der Waals surface area contributed by atoms with Crippen LogP contribution in [0.3, 0.4) is 0 Å². The van der Waals surface area contributed by atoms with Gasteiger partial charge in [0, 0.05) is 48.5 Å². The van der Waals surface area contributed by atoms with Crippen molar-refractivity contribution in [2.24, 2.45) is 0 Å². The number of hydrogen-bond acceptors (Lipinski definition) is 4. The van der Waals surface area contributed by atoms with Crippen LogP contribution in [0.4, 0.5) is 35.1 Å². The standard InChI is InChI=1S/C42H28F8O4/c1-51-25-13-5-21(6-14-25)29(22-7-15-26(52-2)16-8-22)31-33(37(45)41(49)39(47)35(31)43)34-32(36(44)40(48)42(50)38(34)46)30(23-9-17-27(53-3)18-10-23)24-11-19-28(54-4)20-12-24/h5-20H,1-4H3/q+2. The van der Waals surface area contributed by atoms with Gasteiger partial charge >= 0.3 is 0 Å². The normalized spacial score (nSPS) is 11.0. The van der Waals surface area contributed by atoms with Crippen LogP contribution in [0, 0.1) is 58.4 Å². The van der Waals surface area contributed by atoms with E-state index in [-0.39, 0.29) is 34.1 Å². The van der Waals surface area contributed by atoms with Crippen LogP contribution in [0.25, 0.3) is 11.1 Å². The minimum atomic E-state index is -2.42. The van der Waals surface area contributed by atoms with E-state index in [4.69, 9.17) is 18.9 Å². The van der Waals surface area contributed by atoms with Gasteiger partial charge in [-0.15, -0.1) is 0 Å². The summed E-state index contributed by atoms with van der Waals surface area (Å²) in [6.45, 7) is 0. The predicted octanol–water partition coefficient (Wildman–Crippen LogP) is 10.5. The summed E-state index contributed by atoms with van der Waals surface area (Å²) in [6, 6.07) is 22.4. The summed E-state index contributed by atoms with van der Waals surface area (Å²) in [7, 11) is 5.47. The summed E-state index contributed by atoms with van der Waals surface area (Å²) in [6.07, 6.45) is 0. The molecule has 0 fully saturated rings. The van der Waals surface area contributed by atoms with Gasteiger partial charge in [-0.3, -0.25) is 0 Å². The van der Waals surface area contributed by atoms with E-state index < -0.39 is 68.8 Å². The third-order valence-electron chi connectivity index (χ3n) is 8.80. The predicted molar refractivity (Wildman–Crippen MR) is 185 cm³/mol. The van der Waals surface area contributed by atoms with E-state index in [9.17, 15) is 0 Å². The van der Waals surface area contributed by atoms with Crippen molar-refractivity contribution in [2.45, 2.75) is 0 Å². The molecule has 0 atom stereocenters. The number of halogens is 8. The summed E-state index contributed by atoms with van der Waals surface area (Å²) < 4.78 is 149. The molecule has 0 unspecified atom stereocenters. The maximum atomic E-state index is 16.6. The Labute approximate surface area is 305 Å². The molecule has 0 amide bonds. The molecule has 54 heavy (non-hydrogen) atoms. The SMILES string of the molecule is COc1ccc([C+](c2ccc(OC)cc2)c2c(F)c(F)c(F)c(F)c2-c2c(F)c(F)c(F)c(F)c2[C+](c2ccc(OC)cc2)c2ccc(OC)cc2)cc1. The number of hydrogen-bond donors (Lipinski definition) is 0. The lowest BCUT2D eigenvalue weighted by molar-refractivity contribution is 0.401. The molecule has 0 heterocycles. The minimum Gasteiger partial charge on any atom is -0.496 e. The second-order valence-electron chi connectivity index (χ2n) is 11.7. The van der Waals surface area contributed by atoms with E-state index in [0.29, 0.717) is 23.0 Å². The van der Waals surface area contributed by atoms with Gasteiger partial charge in [-0.25, -0.2) is 0 Å². The first-order valence-electron chi connectivity index (χ1n) is 16.0. The molecule has 6 aromatic carbocycles. The smallest absolute Gasteiger partial charge is 0.222 e. The Morgan fingerprint density at radius 1 is 0.296 bits per heavy atom. The highest BCUT2D eigenvalue weighted by Crippen LogP contribution is 2.49. The van der Waals surface area contributed by atoms with E-state index in [2.05, 4.69) is 0 Å². The quantitative estimate of drug-likeness (QED) is 0.0435. The van der Waals surface area contributed by atoms with Crippen molar-refractivity contribution in [2.75, 3.05) is 28.4 Å². The maximum absolute atomic E-state index is 16.6. The molecule has 0 saturated heterocycles. The molecule has 6 rings (SSSR count). The Morgan fingerprint density at radius 2 is 0.500 bits per heavy atom. The number of ether oxygens (including phenoxy) is 4. The topological polar surface area (TPSA) is 36.9 Å². The molecule has 274 valence electrons. The lowest BCUT2D eigenvalue weighted by atomic mass is 9.76. The summed E-state index contributed by atoms with van der Waals surface area (Å²) in [4.78, 5) is 0. The average Bonchev–Trinajstić information content (AvgIpc) is 3.21. The van der Waals surface area contributed by atoms with Gasteiger partial charge in [0.1, 0.15) is 45.3 Å². The van der Waals surface area contributed by atoms with E-state index in [1.165, 1.54) is 126 Å². The molecule has 0 aliphatic rings. The van der Waals surface area contributed by atoms with Gasteiger partial charge in [-0.05, 0) is 48.5 Å². The Bertz CT molecular complexity index is 2040. The molecule has 0 spiro atoms. The molecule has 6 aromatic rings. The van der Waals surface area contributed by atoms with Gasteiger partial charge in [0.15, 0.2) is 0 Å². The fraction of sp³-hybridized carbons (Fsp3) is 0.0952. The van der Waals surface area contributed by atoms with E-state index in [1.54, 1.807) is 0 Å². The van der Waals surface area contributed by atoms with Crippen LogP contribution in [0.2, 0.25) is 0 Å². The highest BCUT2D eigenvalue weighted by atomic mass is 19.2. The monoisotopic (exact) mass is 748 g/mol. The first-order valence-corrected chi connectivity index (χ1v) is 16.0. The highest BCUT2D eigenvalue weighted by Gasteiger charge is 2.45. The molecule has 0 radical (unpaired) electrons. The molecule has 4 nitrogen and oxygen atoms in total. The van der Waals surface area contributed by atoms with Crippen molar-refractivity contribution in [3.8, 4) is 34.1 Å². The van der Waals surface area contributed by atoms with E-state index in [0.717, 1.165) is 0 Å². The van der Waals surface area contributed by atoms with Crippen LogP contribution in [0.5, 0.6) is 23.0 Å². The van der Waals surface area contributed by atoms with Crippen LogP contribution < -0.4 is 18.9 Å². The minimum absolute atomic E-state index is 0.0334. The second kappa shape index (κ2) is 15.4. The summed E-state index contributed by atoms with van der Waals surface area (Å²) in [5.74, 6) is -17.4. The van der Waals surface area contributed by atoms with Crippen LogP contribution in [-0.2, 0) is 0 Å². The van der Waals surface area contributed by atoms with Gasteiger partial charge in [0.2, 0.25) is 46.5 Å². The van der Waals surface area contributed by atoms with Crippen molar-refractivity contribution < 1.29 is 54.1 Å². The zero-order valence-corrected chi connectivity index (χ0v) is 28.9. The summed E-state index contributed by atoms with van der Waals surface area (Å²) >= 11 is 0. The molecule has 0 aliphatic carbocycles. The number of methoxy groups -OCH3 is 4. The molecule has 0 bridgehead atoms. The molecule has 0 saturated carbocycles. The molecule has 0 aromatic heterocycles. The fourth-order valence-corrected chi connectivity index (χ4v) is 6.14. The summed E-state index contributed by atoms with van der Waals surface area (Å²) in [5, 5.41) is 0. The Hall–Kier alpha value is -6.30. The zero-order chi connectivity index (χ0) is 38.8. The van der Waals surface area contributed by atoms with Crippen LogP contribution >= 0.6 is 0 Å². The van der Waals surface area contributed by atoms with E-state index in [1.807, 2.05) is 0 Å². The first-order chi connectivity index (χ1) is 25.9. The highest BCUT2D eigenvalue weighted by molar-refractivity contribution is 5.83. The van der Waals surface area contributed by atoms with Crippen molar-refractivity contribution in [3.05, 3.63) is 189 Å². The zero-order valence-electron chi connectivity index (χ0n) is 28.9. The molecule has 0 aliphatic heterocycles.